The van der Waals surface area contributed by atoms with Crippen LogP contribution < -0.4 is 4.74 Å². The van der Waals surface area contributed by atoms with Gasteiger partial charge in [-0.3, -0.25) is 4.79 Å². The van der Waals surface area contributed by atoms with Crippen LogP contribution in [0.2, 0.25) is 0 Å². The smallest absolute Gasteiger partial charge is 0.150 e. The maximum Gasteiger partial charge on any atom is 0.150 e. The molecule has 0 bridgehead atoms. The van der Waals surface area contributed by atoms with E-state index < -0.39 is 0 Å². The monoisotopic (exact) mass is 242 g/mol. The fraction of sp³-hybridized carbons (Fsp3) is 0.214. The van der Waals surface area contributed by atoms with Gasteiger partial charge in [0.25, 0.3) is 0 Å². The first-order valence-corrected chi connectivity index (χ1v) is 5.75. The molecule has 1 aromatic carbocycles. The molecule has 0 aliphatic carbocycles. The van der Waals surface area contributed by atoms with Crippen molar-refractivity contribution in [3.05, 3.63) is 42.0 Å². The quantitative estimate of drug-likeness (QED) is 0.773. The summed E-state index contributed by atoms with van der Waals surface area (Å²) in [6, 6.07) is 5.42. The van der Waals surface area contributed by atoms with Crippen LogP contribution in [-0.2, 0) is 0 Å². The fourth-order valence-electron chi connectivity index (χ4n) is 1.69. The number of ether oxygens (including phenoxy) is 1. The second-order valence-corrected chi connectivity index (χ2v) is 3.82. The van der Waals surface area contributed by atoms with Gasteiger partial charge in [-0.2, -0.15) is 0 Å². The van der Waals surface area contributed by atoms with Gasteiger partial charge in [0.1, 0.15) is 11.6 Å². The van der Waals surface area contributed by atoms with E-state index in [1.807, 2.05) is 26.0 Å². The Kier molecular flexibility index (Phi) is 3.67. The van der Waals surface area contributed by atoms with E-state index in [-0.39, 0.29) is 0 Å². The first kappa shape index (κ1) is 12.2. The molecule has 92 valence electrons. The van der Waals surface area contributed by atoms with Crippen molar-refractivity contribution in [2.45, 2.75) is 13.8 Å². The van der Waals surface area contributed by atoms with Gasteiger partial charge in [-0.25, -0.2) is 9.97 Å². The predicted molar refractivity (Wildman–Crippen MR) is 68.8 cm³/mol. The van der Waals surface area contributed by atoms with Crippen molar-refractivity contribution < 1.29 is 9.53 Å². The number of hydrogen-bond donors (Lipinski definition) is 0. The lowest BCUT2D eigenvalue weighted by atomic mass is 10.0. The maximum atomic E-state index is 11.1. The number of nitrogens with zero attached hydrogens (tertiary/aromatic N) is 2. The molecule has 0 saturated heterocycles. The molecule has 1 heterocycles. The average molecular weight is 242 g/mol. The number of aldehydes is 1. The highest BCUT2D eigenvalue weighted by Gasteiger charge is 2.07. The molecule has 0 fully saturated rings. The number of carbonyl (C=O) groups is 1. The van der Waals surface area contributed by atoms with Crippen molar-refractivity contribution >= 4 is 6.29 Å². The minimum atomic E-state index is 0.575. The molecule has 1 aromatic heterocycles. The third kappa shape index (κ3) is 2.53. The van der Waals surface area contributed by atoms with E-state index in [0.29, 0.717) is 23.7 Å². The molecular formula is C14H14N2O2. The van der Waals surface area contributed by atoms with Crippen molar-refractivity contribution in [3.8, 4) is 16.9 Å². The van der Waals surface area contributed by atoms with Gasteiger partial charge in [0.15, 0.2) is 6.29 Å². The first-order valence-electron chi connectivity index (χ1n) is 5.75. The maximum absolute atomic E-state index is 11.1. The van der Waals surface area contributed by atoms with Crippen LogP contribution >= 0.6 is 0 Å². The highest BCUT2D eigenvalue weighted by molar-refractivity contribution is 5.87. The van der Waals surface area contributed by atoms with Crippen molar-refractivity contribution in [1.82, 2.24) is 9.97 Å². The van der Waals surface area contributed by atoms with Gasteiger partial charge >= 0.3 is 0 Å². The van der Waals surface area contributed by atoms with Crippen LogP contribution in [0.3, 0.4) is 0 Å². The summed E-state index contributed by atoms with van der Waals surface area (Å²) >= 11 is 0. The number of aryl methyl sites for hydroxylation is 1. The molecule has 0 N–H and O–H groups in total. The Morgan fingerprint density at radius 2 is 2.00 bits per heavy atom. The van der Waals surface area contributed by atoms with E-state index in [1.165, 1.54) is 0 Å². The van der Waals surface area contributed by atoms with Gasteiger partial charge in [-0.15, -0.1) is 0 Å². The Bertz CT molecular complexity index is 550. The Hall–Kier alpha value is -2.23. The number of hydrogen-bond acceptors (Lipinski definition) is 4. The molecule has 0 spiro atoms. The van der Waals surface area contributed by atoms with E-state index >= 15 is 0 Å². The van der Waals surface area contributed by atoms with Gasteiger partial charge in [-0.05, 0) is 37.6 Å². The molecule has 0 saturated carbocycles. The third-order valence-electron chi connectivity index (χ3n) is 2.55. The minimum Gasteiger partial charge on any atom is -0.494 e. The summed E-state index contributed by atoms with van der Waals surface area (Å²) in [4.78, 5) is 19.4. The summed E-state index contributed by atoms with van der Waals surface area (Å²) in [6.45, 7) is 4.30. The number of carbonyl (C=O) groups excluding carboxylic acids is 1. The number of aromatic nitrogens is 2. The Labute approximate surface area is 106 Å². The summed E-state index contributed by atoms with van der Waals surface area (Å²) in [7, 11) is 0. The molecule has 2 aromatic rings. The second-order valence-electron chi connectivity index (χ2n) is 3.82. The van der Waals surface area contributed by atoms with Gasteiger partial charge < -0.3 is 4.74 Å². The Morgan fingerprint density at radius 3 is 2.61 bits per heavy atom. The summed E-state index contributed by atoms with van der Waals surface area (Å²) in [6.07, 6.45) is 4.24. The van der Waals surface area contributed by atoms with Crippen LogP contribution in [0, 0.1) is 6.92 Å². The van der Waals surface area contributed by atoms with Crippen molar-refractivity contribution in [3.63, 3.8) is 0 Å². The normalized spacial score (nSPS) is 10.1. The summed E-state index contributed by atoms with van der Waals surface area (Å²) in [5.74, 6) is 1.40. The van der Waals surface area contributed by atoms with Crippen LogP contribution in [0.4, 0.5) is 0 Å². The molecular weight excluding hydrogens is 228 g/mol. The zero-order valence-electron chi connectivity index (χ0n) is 10.4. The van der Waals surface area contributed by atoms with Crippen LogP contribution in [0.5, 0.6) is 5.75 Å². The summed E-state index contributed by atoms with van der Waals surface area (Å²) in [5.41, 5.74) is 2.22. The van der Waals surface area contributed by atoms with E-state index in [4.69, 9.17) is 4.74 Å². The predicted octanol–water partition coefficient (Wildman–Crippen LogP) is 2.66. The summed E-state index contributed by atoms with van der Waals surface area (Å²) < 4.78 is 5.37. The largest absolute Gasteiger partial charge is 0.494 e. The molecule has 0 amide bonds. The molecule has 0 aliphatic rings. The lowest BCUT2D eigenvalue weighted by Gasteiger charge is -2.08. The van der Waals surface area contributed by atoms with E-state index in [9.17, 15) is 4.79 Å². The number of rotatable bonds is 4. The molecule has 4 heteroatoms. The van der Waals surface area contributed by atoms with Gasteiger partial charge in [0.05, 0.1) is 6.61 Å². The zero-order valence-corrected chi connectivity index (χ0v) is 10.4. The topological polar surface area (TPSA) is 52.1 Å². The molecule has 4 nitrogen and oxygen atoms in total. The molecule has 0 aliphatic heterocycles. The first-order chi connectivity index (χ1) is 8.74. The lowest BCUT2D eigenvalue weighted by molar-refractivity contribution is 0.112. The highest BCUT2D eigenvalue weighted by atomic mass is 16.5. The molecule has 18 heavy (non-hydrogen) atoms. The van der Waals surface area contributed by atoms with Crippen LogP contribution in [-0.4, -0.2) is 22.9 Å². The minimum absolute atomic E-state index is 0.575. The highest BCUT2D eigenvalue weighted by Crippen LogP contribution is 2.25. The molecule has 0 atom stereocenters. The van der Waals surface area contributed by atoms with Gasteiger partial charge in [-0.1, -0.05) is 0 Å². The molecule has 0 unspecified atom stereocenters. The van der Waals surface area contributed by atoms with Crippen molar-refractivity contribution in [1.29, 1.82) is 0 Å². The SMILES string of the molecule is CCOc1ccc(-c2cnc(C)nc2)c(C=O)c1. The van der Waals surface area contributed by atoms with Crippen molar-refractivity contribution in [2.75, 3.05) is 6.61 Å². The van der Waals surface area contributed by atoms with Gasteiger partial charge in [0, 0.05) is 23.5 Å². The zero-order chi connectivity index (χ0) is 13.0. The third-order valence-corrected chi connectivity index (χ3v) is 2.55. The van der Waals surface area contributed by atoms with E-state index in [2.05, 4.69) is 9.97 Å². The van der Waals surface area contributed by atoms with Crippen LogP contribution in [0.1, 0.15) is 23.1 Å². The summed E-state index contributed by atoms with van der Waals surface area (Å²) in [5, 5.41) is 0. The average Bonchev–Trinajstić information content (AvgIpc) is 2.40. The number of benzene rings is 1. The Morgan fingerprint density at radius 1 is 1.28 bits per heavy atom. The second kappa shape index (κ2) is 5.40. The van der Waals surface area contributed by atoms with E-state index in [1.54, 1.807) is 18.5 Å². The Balaban J connectivity index is 2.44. The fourth-order valence-corrected chi connectivity index (χ4v) is 1.69. The molecule has 2 rings (SSSR count). The molecule has 0 radical (unpaired) electrons. The lowest BCUT2D eigenvalue weighted by Crippen LogP contribution is -1.95. The van der Waals surface area contributed by atoms with E-state index in [0.717, 1.165) is 17.4 Å². The van der Waals surface area contributed by atoms with Crippen LogP contribution in [0.15, 0.2) is 30.6 Å². The van der Waals surface area contributed by atoms with Gasteiger partial charge in [0.2, 0.25) is 0 Å². The van der Waals surface area contributed by atoms with Crippen LogP contribution in [0.25, 0.3) is 11.1 Å². The standard InChI is InChI=1S/C14H14N2O2/c1-3-18-13-4-5-14(11(6-13)9-17)12-7-15-10(2)16-8-12/h4-9H,3H2,1-2H3. The van der Waals surface area contributed by atoms with Crippen molar-refractivity contribution in [2.24, 2.45) is 0 Å².